The topological polar surface area (TPSA) is 58.1 Å². The molecule has 2 saturated heterocycles. The number of hydrogen-bond acceptors (Lipinski definition) is 6. The lowest BCUT2D eigenvalue weighted by atomic mass is 9.91. The molecule has 2 aromatic rings. The summed E-state index contributed by atoms with van der Waals surface area (Å²) < 4.78 is 10.9. The predicted octanol–water partition coefficient (Wildman–Crippen LogP) is 2.80. The molecule has 0 aliphatic carbocycles. The molecule has 0 N–H and O–H groups in total. The van der Waals surface area contributed by atoms with Crippen LogP contribution in [0.1, 0.15) is 24.8 Å². The number of hydrogen-bond donors (Lipinski definition) is 0. The highest BCUT2D eigenvalue weighted by Gasteiger charge is 2.25. The maximum Gasteiger partial charge on any atom is 0.231 e. The number of fused-ring (bicyclic) bond motifs is 1. The summed E-state index contributed by atoms with van der Waals surface area (Å²) in [6.45, 7) is 6.60. The summed E-state index contributed by atoms with van der Waals surface area (Å²) in [5, 5.41) is 0. The lowest BCUT2D eigenvalue weighted by Crippen LogP contribution is -2.49. The van der Waals surface area contributed by atoms with Crippen molar-refractivity contribution in [1.29, 1.82) is 0 Å². The lowest BCUT2D eigenvalue weighted by Gasteiger charge is -2.36. The first-order valence-corrected chi connectivity index (χ1v) is 11.8. The van der Waals surface area contributed by atoms with Crippen molar-refractivity contribution in [2.45, 2.75) is 25.7 Å². The maximum atomic E-state index is 12.8. The molecule has 1 atom stereocenters. The largest absolute Gasteiger partial charge is 0.454 e. The molecule has 1 aromatic heterocycles. The number of amides is 1. The van der Waals surface area contributed by atoms with Crippen LogP contribution < -0.4 is 14.4 Å². The number of aromatic nitrogens is 1. The van der Waals surface area contributed by atoms with Crippen LogP contribution in [0.3, 0.4) is 0 Å². The fourth-order valence-electron chi connectivity index (χ4n) is 5.06. The van der Waals surface area contributed by atoms with Gasteiger partial charge in [0.25, 0.3) is 0 Å². The highest BCUT2D eigenvalue weighted by atomic mass is 16.7. The van der Waals surface area contributed by atoms with Crippen LogP contribution in [0.5, 0.6) is 11.5 Å². The smallest absolute Gasteiger partial charge is 0.231 e. The zero-order valence-electron chi connectivity index (χ0n) is 18.6. The van der Waals surface area contributed by atoms with E-state index in [0.29, 0.717) is 19.1 Å². The van der Waals surface area contributed by atoms with E-state index in [1.54, 1.807) is 0 Å². The van der Waals surface area contributed by atoms with Crippen molar-refractivity contribution in [3.63, 3.8) is 0 Å². The molecule has 3 aliphatic rings. The van der Waals surface area contributed by atoms with Gasteiger partial charge in [-0.1, -0.05) is 12.1 Å². The highest BCUT2D eigenvalue weighted by molar-refractivity contribution is 5.76. The summed E-state index contributed by atoms with van der Waals surface area (Å²) in [6, 6.07) is 12.3. The van der Waals surface area contributed by atoms with Crippen LogP contribution in [0.2, 0.25) is 0 Å². The number of piperidine rings is 1. The van der Waals surface area contributed by atoms with E-state index in [0.717, 1.165) is 69.6 Å². The second-order valence-corrected chi connectivity index (χ2v) is 9.01. The van der Waals surface area contributed by atoms with Gasteiger partial charge in [-0.2, -0.15) is 0 Å². The fraction of sp³-hybridized carbons (Fsp3) is 0.520. The molecule has 7 heteroatoms. The Kier molecular flexibility index (Phi) is 6.44. The first-order valence-electron chi connectivity index (χ1n) is 11.8. The summed E-state index contributed by atoms with van der Waals surface area (Å²) in [7, 11) is 0. The van der Waals surface area contributed by atoms with Gasteiger partial charge in [-0.25, -0.2) is 4.98 Å². The van der Waals surface area contributed by atoms with Crippen LogP contribution in [0.4, 0.5) is 5.82 Å². The molecular formula is C25H32N4O3. The molecule has 0 spiro atoms. The van der Waals surface area contributed by atoms with E-state index in [4.69, 9.17) is 9.47 Å². The van der Waals surface area contributed by atoms with Gasteiger partial charge in [-0.05, 0) is 61.6 Å². The molecule has 3 aliphatic heterocycles. The first-order chi connectivity index (χ1) is 15.7. The molecule has 2 fully saturated rings. The van der Waals surface area contributed by atoms with Crippen LogP contribution >= 0.6 is 0 Å². The van der Waals surface area contributed by atoms with Gasteiger partial charge in [0.05, 0.1) is 0 Å². The van der Waals surface area contributed by atoms with E-state index >= 15 is 0 Å². The number of anilines is 1. The second kappa shape index (κ2) is 9.77. The lowest BCUT2D eigenvalue weighted by molar-refractivity contribution is -0.131. The quantitative estimate of drug-likeness (QED) is 0.694. The molecule has 1 unspecified atom stereocenters. The Hall–Kier alpha value is -2.80. The zero-order valence-corrected chi connectivity index (χ0v) is 18.6. The van der Waals surface area contributed by atoms with E-state index in [1.165, 1.54) is 18.4 Å². The third-order valence-corrected chi connectivity index (χ3v) is 6.81. The van der Waals surface area contributed by atoms with Gasteiger partial charge < -0.3 is 24.2 Å². The summed E-state index contributed by atoms with van der Waals surface area (Å²) in [6.07, 6.45) is 5.93. The normalized spacial score (nSPS) is 21.1. The summed E-state index contributed by atoms with van der Waals surface area (Å²) in [5.74, 6) is 3.62. The van der Waals surface area contributed by atoms with Crippen LogP contribution in [0, 0.1) is 5.92 Å². The molecule has 32 heavy (non-hydrogen) atoms. The van der Waals surface area contributed by atoms with Crippen molar-refractivity contribution >= 4 is 11.7 Å². The SMILES string of the molecule is O=C(CCN1CCCC(Cc2ccc3c(c2)OCO3)C1)N1CCN(c2ccccn2)CC1. The molecule has 170 valence electrons. The number of nitrogens with zero attached hydrogens (tertiary/aromatic N) is 4. The van der Waals surface area contributed by atoms with Gasteiger partial charge in [0, 0.05) is 51.9 Å². The van der Waals surface area contributed by atoms with E-state index in [2.05, 4.69) is 26.9 Å². The Morgan fingerprint density at radius 2 is 1.91 bits per heavy atom. The van der Waals surface area contributed by atoms with Gasteiger partial charge in [-0.3, -0.25) is 4.79 Å². The number of carbonyl (C=O) groups is 1. The number of piperazine rings is 1. The number of ether oxygens (including phenoxy) is 2. The Morgan fingerprint density at radius 1 is 1.03 bits per heavy atom. The Bertz CT molecular complexity index is 915. The summed E-state index contributed by atoms with van der Waals surface area (Å²) in [4.78, 5) is 24.0. The average molecular weight is 437 g/mol. The third-order valence-electron chi connectivity index (χ3n) is 6.81. The second-order valence-electron chi connectivity index (χ2n) is 9.01. The van der Waals surface area contributed by atoms with Crippen LogP contribution in [-0.2, 0) is 11.2 Å². The molecule has 0 saturated carbocycles. The van der Waals surface area contributed by atoms with E-state index < -0.39 is 0 Å². The van der Waals surface area contributed by atoms with Gasteiger partial charge in [0.1, 0.15) is 5.82 Å². The molecular weight excluding hydrogens is 404 g/mol. The van der Waals surface area contributed by atoms with E-state index in [9.17, 15) is 4.79 Å². The van der Waals surface area contributed by atoms with Crippen LogP contribution in [-0.4, -0.2) is 73.3 Å². The zero-order chi connectivity index (χ0) is 21.8. The minimum Gasteiger partial charge on any atom is -0.454 e. The Morgan fingerprint density at radius 3 is 2.75 bits per heavy atom. The van der Waals surface area contributed by atoms with E-state index in [-0.39, 0.29) is 5.91 Å². The monoisotopic (exact) mass is 436 g/mol. The molecule has 5 rings (SSSR count). The van der Waals surface area contributed by atoms with Crippen molar-refractivity contribution < 1.29 is 14.3 Å². The molecule has 0 radical (unpaired) electrons. The van der Waals surface area contributed by atoms with Crippen molar-refractivity contribution in [2.24, 2.45) is 5.92 Å². The molecule has 1 amide bonds. The molecule has 1 aromatic carbocycles. The van der Waals surface area contributed by atoms with Crippen LogP contribution in [0.25, 0.3) is 0 Å². The molecule has 4 heterocycles. The van der Waals surface area contributed by atoms with Gasteiger partial charge >= 0.3 is 0 Å². The summed E-state index contributed by atoms with van der Waals surface area (Å²) >= 11 is 0. The number of pyridine rings is 1. The number of carbonyl (C=O) groups excluding carboxylic acids is 1. The average Bonchev–Trinajstić information content (AvgIpc) is 3.31. The maximum absolute atomic E-state index is 12.8. The van der Waals surface area contributed by atoms with E-state index in [1.807, 2.05) is 35.4 Å². The Balaban J connectivity index is 1.06. The molecule has 7 nitrogen and oxygen atoms in total. The minimum atomic E-state index is 0.281. The Labute approximate surface area is 189 Å². The van der Waals surface area contributed by atoms with Crippen molar-refractivity contribution in [3.05, 3.63) is 48.2 Å². The van der Waals surface area contributed by atoms with Gasteiger partial charge in [0.2, 0.25) is 12.7 Å². The van der Waals surface area contributed by atoms with Crippen LogP contribution in [0.15, 0.2) is 42.6 Å². The standard InChI is InChI=1S/C25H32N4O3/c30-25(29-14-12-28(13-15-29)24-5-1-2-9-26-24)8-11-27-10-3-4-21(18-27)16-20-6-7-22-23(17-20)32-19-31-22/h1-2,5-7,9,17,21H,3-4,8,10-16,18-19H2. The highest BCUT2D eigenvalue weighted by Crippen LogP contribution is 2.33. The number of rotatable bonds is 6. The first kappa shape index (κ1) is 21.1. The fourth-order valence-corrected chi connectivity index (χ4v) is 5.06. The van der Waals surface area contributed by atoms with Crippen molar-refractivity contribution in [3.8, 4) is 11.5 Å². The van der Waals surface area contributed by atoms with Gasteiger partial charge in [-0.15, -0.1) is 0 Å². The van der Waals surface area contributed by atoms with Crippen molar-refractivity contribution in [2.75, 3.05) is 57.5 Å². The third kappa shape index (κ3) is 4.99. The number of likely N-dealkylation sites (tertiary alicyclic amines) is 1. The van der Waals surface area contributed by atoms with Gasteiger partial charge in [0.15, 0.2) is 11.5 Å². The predicted molar refractivity (Wildman–Crippen MR) is 123 cm³/mol. The summed E-state index contributed by atoms with van der Waals surface area (Å²) in [5.41, 5.74) is 1.31. The minimum absolute atomic E-state index is 0.281. The molecule has 0 bridgehead atoms. The van der Waals surface area contributed by atoms with Crippen molar-refractivity contribution in [1.82, 2.24) is 14.8 Å². The number of benzene rings is 1.